The molecule has 0 aliphatic rings. The van der Waals surface area contributed by atoms with Crippen LogP contribution < -0.4 is 15.5 Å². The van der Waals surface area contributed by atoms with Crippen LogP contribution in [-0.4, -0.2) is 44.7 Å². The summed E-state index contributed by atoms with van der Waals surface area (Å²) in [7, 11) is 0. The second-order valence-corrected chi connectivity index (χ2v) is 7.29. The summed E-state index contributed by atoms with van der Waals surface area (Å²) in [6, 6.07) is 16.6. The molecule has 33 heavy (non-hydrogen) atoms. The number of aromatic nitrogens is 4. The van der Waals surface area contributed by atoms with Crippen molar-refractivity contribution in [2.75, 3.05) is 28.6 Å². The molecule has 10 heteroatoms. The lowest BCUT2D eigenvalue weighted by Gasteiger charge is -2.21. The fourth-order valence-corrected chi connectivity index (χ4v) is 3.33. The number of anilines is 3. The lowest BCUT2D eigenvalue weighted by molar-refractivity contribution is -0.115. The highest BCUT2D eigenvalue weighted by atomic mass is 19.1. The summed E-state index contributed by atoms with van der Waals surface area (Å²) in [6.45, 7) is 3.91. The normalized spacial score (nSPS) is 10.8. The number of amides is 2. The third-order valence-electron chi connectivity index (χ3n) is 4.89. The van der Waals surface area contributed by atoms with Gasteiger partial charge in [-0.1, -0.05) is 12.1 Å². The first kappa shape index (κ1) is 21.9. The molecule has 4 rings (SSSR count). The molecule has 9 nitrogen and oxygen atoms in total. The number of likely N-dealkylation sites (N-methyl/N-ethyl adjacent to an activating group) is 1. The summed E-state index contributed by atoms with van der Waals surface area (Å²) in [6.07, 6.45) is 0. The molecule has 0 fully saturated rings. The predicted octanol–water partition coefficient (Wildman–Crippen LogP) is 3.35. The fourth-order valence-electron chi connectivity index (χ4n) is 3.33. The van der Waals surface area contributed by atoms with Gasteiger partial charge < -0.3 is 15.5 Å². The van der Waals surface area contributed by atoms with Gasteiger partial charge in [0.05, 0.1) is 12.1 Å². The molecule has 4 aromatic rings. The Morgan fingerprint density at radius 1 is 0.970 bits per heavy atom. The van der Waals surface area contributed by atoms with E-state index in [1.54, 1.807) is 59.5 Å². The Hall–Kier alpha value is -4.34. The highest BCUT2D eigenvalue weighted by molar-refractivity contribution is 5.94. The summed E-state index contributed by atoms with van der Waals surface area (Å²) in [5.74, 6) is -0.0105. The molecule has 0 aliphatic heterocycles. The molecule has 0 saturated carbocycles. The Morgan fingerprint density at radius 2 is 1.67 bits per heavy atom. The fraction of sp³-hybridized carbons (Fsp3) is 0.174. The quantitative estimate of drug-likeness (QED) is 0.450. The molecule has 0 spiro atoms. The van der Waals surface area contributed by atoms with E-state index in [0.717, 1.165) is 0 Å². The minimum Gasteiger partial charge on any atom is -0.346 e. The first-order valence-electron chi connectivity index (χ1n) is 10.3. The molecule has 0 radical (unpaired) electrons. The van der Waals surface area contributed by atoms with E-state index in [-0.39, 0.29) is 29.7 Å². The molecule has 168 valence electrons. The van der Waals surface area contributed by atoms with Crippen molar-refractivity contribution in [3.05, 3.63) is 66.5 Å². The topological polar surface area (TPSA) is 105 Å². The van der Waals surface area contributed by atoms with Gasteiger partial charge in [0.25, 0.3) is 0 Å². The minimum atomic E-state index is -0.421. The van der Waals surface area contributed by atoms with Gasteiger partial charge in [-0.25, -0.2) is 4.39 Å². The van der Waals surface area contributed by atoms with Crippen molar-refractivity contribution in [1.29, 1.82) is 0 Å². The Morgan fingerprint density at radius 3 is 2.33 bits per heavy atom. The van der Waals surface area contributed by atoms with E-state index in [4.69, 9.17) is 0 Å². The first-order valence-corrected chi connectivity index (χ1v) is 10.3. The Kier molecular flexibility index (Phi) is 6.25. The maximum absolute atomic E-state index is 14.3. The maximum atomic E-state index is 14.3. The van der Waals surface area contributed by atoms with Gasteiger partial charge in [-0.3, -0.25) is 9.59 Å². The molecule has 0 aliphatic carbocycles. The van der Waals surface area contributed by atoms with E-state index < -0.39 is 5.82 Å². The third-order valence-corrected chi connectivity index (χ3v) is 4.89. The number of carbonyl (C=O) groups excluding carboxylic acids is 2. The summed E-state index contributed by atoms with van der Waals surface area (Å²) in [5.41, 5.74) is 2.01. The van der Waals surface area contributed by atoms with Gasteiger partial charge in [-0.15, -0.1) is 15.3 Å². The van der Waals surface area contributed by atoms with E-state index in [0.29, 0.717) is 29.4 Å². The summed E-state index contributed by atoms with van der Waals surface area (Å²) in [5, 5.41) is 18.2. The second-order valence-electron chi connectivity index (χ2n) is 7.29. The van der Waals surface area contributed by atoms with Crippen LogP contribution in [0.15, 0.2) is 60.7 Å². The number of halogens is 1. The number of rotatable bonds is 7. The van der Waals surface area contributed by atoms with Crippen molar-refractivity contribution < 1.29 is 14.0 Å². The number of benzene rings is 2. The van der Waals surface area contributed by atoms with Crippen molar-refractivity contribution in [3.8, 4) is 11.4 Å². The van der Waals surface area contributed by atoms with E-state index >= 15 is 0 Å². The van der Waals surface area contributed by atoms with Gasteiger partial charge in [-0.05, 0) is 55.5 Å². The predicted molar refractivity (Wildman–Crippen MR) is 123 cm³/mol. The van der Waals surface area contributed by atoms with Crippen LogP contribution in [0.1, 0.15) is 13.8 Å². The zero-order valence-electron chi connectivity index (χ0n) is 18.1. The molecule has 0 unspecified atom stereocenters. The molecule has 0 atom stereocenters. The highest BCUT2D eigenvalue weighted by Gasteiger charge is 2.17. The van der Waals surface area contributed by atoms with Crippen molar-refractivity contribution in [2.24, 2.45) is 0 Å². The van der Waals surface area contributed by atoms with Crippen molar-refractivity contribution in [2.45, 2.75) is 13.8 Å². The van der Waals surface area contributed by atoms with Crippen molar-refractivity contribution in [1.82, 2.24) is 19.8 Å². The van der Waals surface area contributed by atoms with Gasteiger partial charge in [-0.2, -0.15) is 4.52 Å². The lowest BCUT2D eigenvalue weighted by Crippen LogP contribution is -2.34. The molecule has 2 aromatic carbocycles. The molecule has 2 heterocycles. The molecule has 2 aromatic heterocycles. The van der Waals surface area contributed by atoms with Crippen molar-refractivity contribution >= 4 is 34.7 Å². The van der Waals surface area contributed by atoms with Crippen LogP contribution in [-0.2, 0) is 9.59 Å². The Balaban J connectivity index is 1.52. The molecule has 2 amide bonds. The SMILES string of the molecule is CCN(CC(=O)Nc1ccc(NC(C)=O)cc1)c1ccc2nnc(-c3ccccc3F)n2n1. The zero-order chi connectivity index (χ0) is 23.4. The van der Waals surface area contributed by atoms with Crippen LogP contribution in [0.25, 0.3) is 17.0 Å². The van der Waals surface area contributed by atoms with Gasteiger partial charge >= 0.3 is 0 Å². The summed E-state index contributed by atoms with van der Waals surface area (Å²) < 4.78 is 15.7. The van der Waals surface area contributed by atoms with Crippen LogP contribution in [0.5, 0.6) is 0 Å². The molecular weight excluding hydrogens is 425 g/mol. The van der Waals surface area contributed by atoms with E-state index in [2.05, 4.69) is 25.9 Å². The number of hydrogen-bond acceptors (Lipinski definition) is 6. The Bertz CT molecular complexity index is 1300. The average molecular weight is 447 g/mol. The van der Waals surface area contributed by atoms with E-state index in [9.17, 15) is 14.0 Å². The van der Waals surface area contributed by atoms with Gasteiger partial charge in [0.15, 0.2) is 11.5 Å². The first-order chi connectivity index (χ1) is 15.9. The standard InChI is InChI=1S/C23H22FN7O2/c1-3-30(14-22(33)26-17-10-8-16(9-11-17)25-15(2)32)21-13-12-20-27-28-23(31(20)29-21)18-6-4-5-7-19(18)24/h4-13H,3,14H2,1-2H3,(H,25,32)(H,26,33). The largest absolute Gasteiger partial charge is 0.346 e. The van der Waals surface area contributed by atoms with Crippen LogP contribution >= 0.6 is 0 Å². The molecule has 0 bridgehead atoms. The number of nitrogens with one attached hydrogen (secondary N) is 2. The van der Waals surface area contributed by atoms with Crippen LogP contribution in [0.2, 0.25) is 0 Å². The van der Waals surface area contributed by atoms with Crippen LogP contribution in [0, 0.1) is 5.82 Å². The van der Waals surface area contributed by atoms with E-state index in [1.807, 2.05) is 6.92 Å². The van der Waals surface area contributed by atoms with Crippen molar-refractivity contribution in [3.63, 3.8) is 0 Å². The average Bonchev–Trinajstić information content (AvgIpc) is 3.22. The summed E-state index contributed by atoms with van der Waals surface area (Å²) in [4.78, 5) is 25.5. The minimum absolute atomic E-state index is 0.0552. The monoisotopic (exact) mass is 447 g/mol. The van der Waals surface area contributed by atoms with Gasteiger partial charge in [0.2, 0.25) is 11.8 Å². The number of fused-ring (bicyclic) bond motifs is 1. The lowest BCUT2D eigenvalue weighted by atomic mass is 10.2. The smallest absolute Gasteiger partial charge is 0.243 e. The maximum Gasteiger partial charge on any atom is 0.243 e. The third kappa shape index (κ3) is 4.95. The number of carbonyl (C=O) groups is 2. The number of nitrogens with zero attached hydrogens (tertiary/aromatic N) is 5. The van der Waals surface area contributed by atoms with Crippen LogP contribution in [0.4, 0.5) is 21.6 Å². The molecule has 0 saturated heterocycles. The Labute approximate surface area is 189 Å². The van der Waals surface area contributed by atoms with Gasteiger partial charge in [0.1, 0.15) is 11.6 Å². The number of hydrogen-bond donors (Lipinski definition) is 2. The van der Waals surface area contributed by atoms with Gasteiger partial charge in [0, 0.05) is 24.8 Å². The zero-order valence-corrected chi connectivity index (χ0v) is 18.1. The summed E-state index contributed by atoms with van der Waals surface area (Å²) >= 11 is 0. The molecule has 2 N–H and O–H groups in total. The van der Waals surface area contributed by atoms with Crippen LogP contribution in [0.3, 0.4) is 0 Å². The highest BCUT2D eigenvalue weighted by Crippen LogP contribution is 2.22. The van der Waals surface area contributed by atoms with E-state index in [1.165, 1.54) is 17.5 Å². The molecular formula is C23H22FN7O2. The second kappa shape index (κ2) is 9.43.